The summed E-state index contributed by atoms with van der Waals surface area (Å²) in [6.07, 6.45) is 2.19. The van der Waals surface area contributed by atoms with Gasteiger partial charge in [0.05, 0.1) is 17.8 Å². The number of aromatic amines is 1. The lowest BCUT2D eigenvalue weighted by molar-refractivity contribution is -0.131. The molecule has 170 valence electrons. The molecule has 1 atom stereocenters. The molecule has 34 heavy (non-hydrogen) atoms. The highest BCUT2D eigenvalue weighted by Crippen LogP contribution is 2.42. The number of imide groups is 1. The van der Waals surface area contributed by atoms with Gasteiger partial charge < -0.3 is 10.3 Å². The monoisotopic (exact) mass is 473 g/mol. The molecule has 0 bridgehead atoms. The molecular weight excluding hydrogens is 453 g/mol. The largest absolute Gasteiger partial charge is 0.354 e. The van der Waals surface area contributed by atoms with Crippen LogP contribution in [0.4, 0.5) is 9.18 Å². The van der Waals surface area contributed by atoms with Crippen molar-refractivity contribution in [2.45, 2.75) is 24.8 Å². The van der Waals surface area contributed by atoms with Crippen molar-refractivity contribution >= 4 is 40.0 Å². The van der Waals surface area contributed by atoms with Gasteiger partial charge in [-0.1, -0.05) is 18.2 Å². The Morgan fingerprint density at radius 1 is 1.09 bits per heavy atom. The van der Waals surface area contributed by atoms with Gasteiger partial charge >= 0.3 is 6.03 Å². The van der Waals surface area contributed by atoms with Crippen molar-refractivity contribution in [1.82, 2.24) is 15.2 Å². The van der Waals surface area contributed by atoms with Crippen LogP contribution in [0, 0.1) is 5.82 Å². The van der Waals surface area contributed by atoms with E-state index in [1.165, 1.54) is 12.1 Å². The van der Waals surface area contributed by atoms with Crippen molar-refractivity contribution in [2.75, 3.05) is 6.54 Å². The van der Waals surface area contributed by atoms with Crippen molar-refractivity contribution in [3.05, 3.63) is 81.8 Å². The number of rotatable bonds is 4. The summed E-state index contributed by atoms with van der Waals surface area (Å²) in [4.78, 5) is 45.5. The SMILES string of the molecule is O=C(CN1C(=O)N[C@@]2(CCCc3sccc32)C1=O)c1c(-c2ccc(F)cc2)[nH]c2ccccc12. The van der Waals surface area contributed by atoms with Crippen LogP contribution >= 0.6 is 11.3 Å². The van der Waals surface area contributed by atoms with Gasteiger partial charge in [-0.15, -0.1) is 11.3 Å². The molecule has 1 aliphatic heterocycles. The lowest BCUT2D eigenvalue weighted by atomic mass is 9.80. The fraction of sp³-hybridized carbons (Fsp3) is 0.192. The van der Waals surface area contributed by atoms with Gasteiger partial charge in [0.2, 0.25) is 0 Å². The molecule has 2 aromatic carbocycles. The van der Waals surface area contributed by atoms with Crippen molar-refractivity contribution in [3.8, 4) is 11.3 Å². The van der Waals surface area contributed by atoms with E-state index in [9.17, 15) is 18.8 Å². The zero-order valence-electron chi connectivity index (χ0n) is 18.1. The van der Waals surface area contributed by atoms with E-state index < -0.39 is 11.6 Å². The number of urea groups is 1. The maximum Gasteiger partial charge on any atom is 0.325 e. The van der Waals surface area contributed by atoms with Crippen LogP contribution in [0.5, 0.6) is 0 Å². The molecule has 6 nitrogen and oxygen atoms in total. The minimum absolute atomic E-state index is 0.362. The number of fused-ring (bicyclic) bond motifs is 3. The van der Waals surface area contributed by atoms with Crippen LogP contribution in [-0.2, 0) is 16.8 Å². The van der Waals surface area contributed by atoms with E-state index in [4.69, 9.17) is 0 Å². The number of carbonyl (C=O) groups excluding carboxylic acids is 3. The zero-order chi connectivity index (χ0) is 23.4. The van der Waals surface area contributed by atoms with Crippen LogP contribution in [0.15, 0.2) is 60.0 Å². The normalized spacial score (nSPS) is 19.6. The number of hydrogen-bond acceptors (Lipinski definition) is 4. The third-order valence-corrected chi connectivity index (χ3v) is 7.74. The van der Waals surface area contributed by atoms with Gasteiger partial charge in [-0.25, -0.2) is 9.18 Å². The van der Waals surface area contributed by atoms with Gasteiger partial charge in [-0.3, -0.25) is 14.5 Å². The van der Waals surface area contributed by atoms with E-state index >= 15 is 0 Å². The average molecular weight is 474 g/mol. The van der Waals surface area contributed by atoms with Crippen LogP contribution < -0.4 is 5.32 Å². The van der Waals surface area contributed by atoms with Gasteiger partial charge in [0.25, 0.3) is 5.91 Å². The van der Waals surface area contributed by atoms with E-state index in [0.717, 1.165) is 33.7 Å². The molecule has 0 unspecified atom stereocenters. The molecule has 2 aliphatic rings. The average Bonchev–Trinajstić information content (AvgIpc) is 3.52. The van der Waals surface area contributed by atoms with Gasteiger partial charge in [0, 0.05) is 21.3 Å². The number of aryl methyl sites for hydroxylation is 1. The van der Waals surface area contributed by atoms with Crippen LogP contribution in [0.25, 0.3) is 22.2 Å². The van der Waals surface area contributed by atoms with Gasteiger partial charge in [0.15, 0.2) is 5.78 Å². The number of nitrogens with zero attached hydrogens (tertiary/aromatic N) is 1. The Morgan fingerprint density at radius 2 is 1.88 bits per heavy atom. The second-order valence-electron chi connectivity index (χ2n) is 8.69. The molecule has 1 spiro atoms. The Morgan fingerprint density at radius 3 is 2.71 bits per heavy atom. The number of aromatic nitrogens is 1. The summed E-state index contributed by atoms with van der Waals surface area (Å²) in [6.45, 7) is -0.373. The number of halogens is 1. The van der Waals surface area contributed by atoms with Crippen LogP contribution in [0.3, 0.4) is 0 Å². The van der Waals surface area contributed by atoms with Crippen molar-refractivity contribution in [3.63, 3.8) is 0 Å². The molecule has 0 saturated carbocycles. The summed E-state index contributed by atoms with van der Waals surface area (Å²) in [5.74, 6) is -1.12. The standard InChI is InChI=1S/C26H20FN3O3S/c27-16-9-7-15(8-10-16)23-22(17-4-1-2-5-19(17)28-23)20(31)14-30-24(32)26(29-25(30)33)12-3-6-21-18(26)11-13-34-21/h1-2,4-5,7-11,13,28H,3,6,12,14H2,(H,29,33)/t26-/m1/s1. The number of Topliss-reactive ketones (excluding diaryl/α,β-unsaturated/α-hetero) is 1. The quantitative estimate of drug-likeness (QED) is 0.323. The molecule has 0 radical (unpaired) electrons. The van der Waals surface area contributed by atoms with E-state index in [0.29, 0.717) is 28.6 Å². The first-order valence-corrected chi connectivity index (χ1v) is 12.0. The lowest BCUT2D eigenvalue weighted by Gasteiger charge is -2.31. The number of para-hydroxylation sites is 1. The van der Waals surface area contributed by atoms with Gasteiger partial charge in [-0.05, 0) is 66.6 Å². The van der Waals surface area contributed by atoms with E-state index in [1.54, 1.807) is 23.5 Å². The molecule has 2 N–H and O–H groups in total. The molecule has 3 heterocycles. The summed E-state index contributed by atoms with van der Waals surface area (Å²) >= 11 is 1.58. The summed E-state index contributed by atoms with van der Waals surface area (Å²) in [7, 11) is 0. The minimum atomic E-state index is -1.09. The zero-order valence-corrected chi connectivity index (χ0v) is 18.9. The molecule has 8 heteroatoms. The molecule has 1 aliphatic carbocycles. The molecule has 1 fully saturated rings. The van der Waals surface area contributed by atoms with E-state index in [-0.39, 0.29) is 24.1 Å². The molecule has 2 aromatic heterocycles. The Bertz CT molecular complexity index is 1470. The second kappa shape index (κ2) is 7.63. The third kappa shape index (κ3) is 3.02. The highest BCUT2D eigenvalue weighted by Gasteiger charge is 2.54. The summed E-state index contributed by atoms with van der Waals surface area (Å²) in [5.41, 5.74) is 2.05. The summed E-state index contributed by atoms with van der Waals surface area (Å²) in [5, 5.41) is 5.52. The van der Waals surface area contributed by atoms with Crippen molar-refractivity contribution in [2.24, 2.45) is 0 Å². The number of ketones is 1. The molecule has 1 saturated heterocycles. The Labute approximate surface area is 198 Å². The third-order valence-electron chi connectivity index (χ3n) is 6.76. The summed E-state index contributed by atoms with van der Waals surface area (Å²) in [6, 6.07) is 14.5. The predicted octanol–water partition coefficient (Wildman–Crippen LogP) is 5.00. The predicted molar refractivity (Wildman–Crippen MR) is 127 cm³/mol. The van der Waals surface area contributed by atoms with Gasteiger partial charge in [0.1, 0.15) is 11.4 Å². The maximum absolute atomic E-state index is 13.6. The minimum Gasteiger partial charge on any atom is -0.354 e. The number of hydrogen-bond donors (Lipinski definition) is 2. The van der Waals surface area contributed by atoms with E-state index in [2.05, 4.69) is 10.3 Å². The fourth-order valence-corrected chi connectivity index (χ4v) is 6.17. The second-order valence-corrected chi connectivity index (χ2v) is 9.69. The number of carbonyl (C=O) groups is 3. The first-order chi connectivity index (χ1) is 16.5. The topological polar surface area (TPSA) is 82.3 Å². The molecule has 4 aromatic rings. The number of H-pyrrole nitrogens is 1. The smallest absolute Gasteiger partial charge is 0.325 e. The van der Waals surface area contributed by atoms with Gasteiger partial charge in [-0.2, -0.15) is 0 Å². The maximum atomic E-state index is 13.6. The number of amides is 3. The molecule has 6 rings (SSSR count). The molecular formula is C26H20FN3O3S. The van der Waals surface area contributed by atoms with Crippen molar-refractivity contribution in [1.29, 1.82) is 0 Å². The first kappa shape index (κ1) is 20.8. The Balaban J connectivity index is 1.38. The lowest BCUT2D eigenvalue weighted by Crippen LogP contribution is -2.46. The first-order valence-electron chi connectivity index (χ1n) is 11.1. The van der Waals surface area contributed by atoms with Crippen LogP contribution in [-0.4, -0.2) is 34.2 Å². The van der Waals surface area contributed by atoms with Crippen molar-refractivity contribution < 1.29 is 18.8 Å². The number of thiophene rings is 1. The number of nitrogens with one attached hydrogen (secondary N) is 2. The van der Waals surface area contributed by atoms with E-state index in [1.807, 2.05) is 35.7 Å². The van der Waals surface area contributed by atoms with Crippen LogP contribution in [0.2, 0.25) is 0 Å². The fourth-order valence-electron chi connectivity index (χ4n) is 5.17. The Kier molecular flexibility index (Phi) is 4.67. The highest BCUT2D eigenvalue weighted by molar-refractivity contribution is 7.10. The molecule has 3 amide bonds. The summed E-state index contributed by atoms with van der Waals surface area (Å²) < 4.78 is 13.5. The Hall–Kier alpha value is -3.78. The van der Waals surface area contributed by atoms with Crippen LogP contribution in [0.1, 0.15) is 33.6 Å². The highest BCUT2D eigenvalue weighted by atomic mass is 32.1. The number of benzene rings is 2.